The highest BCUT2D eigenvalue weighted by Gasteiger charge is 2.20. The van der Waals surface area contributed by atoms with Gasteiger partial charge in [-0.1, -0.05) is 11.6 Å². The van der Waals surface area contributed by atoms with Gasteiger partial charge in [-0.2, -0.15) is 0 Å². The molecule has 0 aromatic heterocycles. The molecule has 5 heteroatoms. The highest BCUT2D eigenvalue weighted by atomic mass is 35.5. The Morgan fingerprint density at radius 1 is 1.53 bits per heavy atom. The molecule has 0 saturated heterocycles. The van der Waals surface area contributed by atoms with Crippen LogP contribution in [0.25, 0.3) is 0 Å². The number of halogens is 1. The van der Waals surface area contributed by atoms with E-state index in [0.29, 0.717) is 17.6 Å². The topological polar surface area (TPSA) is 55.2 Å². The summed E-state index contributed by atoms with van der Waals surface area (Å²) >= 11 is 5.93. The number of rotatable bonds is 4. The third-order valence-electron chi connectivity index (χ3n) is 2.41. The maximum atomic E-state index is 10.5. The molecule has 1 saturated carbocycles. The van der Waals surface area contributed by atoms with E-state index in [2.05, 4.69) is 5.32 Å². The van der Waals surface area contributed by atoms with E-state index in [4.69, 9.17) is 11.6 Å². The van der Waals surface area contributed by atoms with E-state index >= 15 is 0 Å². The predicted molar refractivity (Wildman–Crippen MR) is 58.0 cm³/mol. The minimum absolute atomic E-state index is 0.0372. The van der Waals surface area contributed by atoms with Crippen molar-refractivity contribution in [3.05, 3.63) is 38.9 Å². The van der Waals surface area contributed by atoms with Gasteiger partial charge >= 0.3 is 0 Å². The van der Waals surface area contributed by atoms with Crippen LogP contribution in [0.2, 0.25) is 5.02 Å². The number of benzene rings is 1. The van der Waals surface area contributed by atoms with Crippen molar-refractivity contribution >= 4 is 17.3 Å². The van der Waals surface area contributed by atoms with Crippen LogP contribution in [0.5, 0.6) is 0 Å². The molecule has 1 fully saturated rings. The minimum Gasteiger partial charge on any atom is -0.310 e. The van der Waals surface area contributed by atoms with Gasteiger partial charge in [0.1, 0.15) is 0 Å². The van der Waals surface area contributed by atoms with Crippen LogP contribution in [0.3, 0.4) is 0 Å². The summed E-state index contributed by atoms with van der Waals surface area (Å²) < 4.78 is 0. The molecule has 0 amide bonds. The monoisotopic (exact) mass is 226 g/mol. The third-order valence-corrected chi connectivity index (χ3v) is 2.76. The lowest BCUT2D eigenvalue weighted by atomic mass is 10.2. The molecule has 4 nitrogen and oxygen atoms in total. The standard InChI is InChI=1S/C10H11ClN2O2/c11-10-5-9(13(14)15)4-1-7(10)6-12-8-2-3-8/h1,4-5,8,12H,2-3,6H2. The maximum absolute atomic E-state index is 10.5. The molecule has 0 radical (unpaired) electrons. The van der Waals surface area contributed by atoms with Gasteiger partial charge in [0.15, 0.2) is 0 Å². The number of nitrogens with zero attached hydrogens (tertiary/aromatic N) is 1. The van der Waals surface area contributed by atoms with Crippen LogP contribution in [-0.2, 0) is 6.54 Å². The summed E-state index contributed by atoms with van der Waals surface area (Å²) in [7, 11) is 0. The summed E-state index contributed by atoms with van der Waals surface area (Å²) in [4.78, 5) is 10.0. The average molecular weight is 227 g/mol. The number of non-ortho nitro benzene ring substituents is 1. The van der Waals surface area contributed by atoms with Crippen molar-refractivity contribution < 1.29 is 4.92 Å². The lowest BCUT2D eigenvalue weighted by Gasteiger charge is -2.04. The van der Waals surface area contributed by atoms with E-state index in [1.807, 2.05) is 0 Å². The first-order chi connectivity index (χ1) is 7.16. The molecule has 1 aliphatic rings. The van der Waals surface area contributed by atoms with E-state index in [0.717, 1.165) is 5.56 Å². The summed E-state index contributed by atoms with van der Waals surface area (Å²) in [6.07, 6.45) is 2.43. The molecule has 1 N–H and O–H groups in total. The van der Waals surface area contributed by atoms with E-state index in [-0.39, 0.29) is 5.69 Å². The van der Waals surface area contributed by atoms with Gasteiger partial charge in [-0.3, -0.25) is 10.1 Å². The Morgan fingerprint density at radius 2 is 2.27 bits per heavy atom. The minimum atomic E-state index is -0.440. The molecule has 1 aromatic carbocycles. The summed E-state index contributed by atoms with van der Waals surface area (Å²) in [5, 5.41) is 14.2. The van der Waals surface area contributed by atoms with Crippen LogP contribution in [0.15, 0.2) is 18.2 Å². The van der Waals surface area contributed by atoms with Crippen molar-refractivity contribution in [1.82, 2.24) is 5.32 Å². The van der Waals surface area contributed by atoms with Gasteiger partial charge in [0, 0.05) is 24.7 Å². The van der Waals surface area contributed by atoms with Gasteiger partial charge in [-0.15, -0.1) is 0 Å². The fourth-order valence-electron chi connectivity index (χ4n) is 1.33. The second-order valence-corrected chi connectivity index (χ2v) is 4.10. The Bertz CT molecular complexity index is 391. The Kier molecular flexibility index (Phi) is 2.88. The molecule has 0 spiro atoms. The molecule has 0 heterocycles. The van der Waals surface area contributed by atoms with Crippen molar-refractivity contribution in [1.29, 1.82) is 0 Å². The lowest BCUT2D eigenvalue weighted by molar-refractivity contribution is -0.384. The first-order valence-electron chi connectivity index (χ1n) is 4.83. The first kappa shape index (κ1) is 10.4. The molecule has 0 aliphatic heterocycles. The zero-order valence-electron chi connectivity index (χ0n) is 8.07. The average Bonchev–Trinajstić information content (AvgIpc) is 2.99. The Morgan fingerprint density at radius 3 is 2.80 bits per heavy atom. The highest BCUT2D eigenvalue weighted by Crippen LogP contribution is 2.24. The van der Waals surface area contributed by atoms with E-state index < -0.39 is 4.92 Å². The highest BCUT2D eigenvalue weighted by molar-refractivity contribution is 6.31. The van der Waals surface area contributed by atoms with Gasteiger partial charge in [-0.05, 0) is 24.5 Å². The fraction of sp³-hybridized carbons (Fsp3) is 0.400. The number of nitrogens with one attached hydrogen (secondary N) is 1. The lowest BCUT2D eigenvalue weighted by Crippen LogP contribution is -2.15. The van der Waals surface area contributed by atoms with E-state index in [1.54, 1.807) is 6.07 Å². The predicted octanol–water partition coefficient (Wildman–Crippen LogP) is 2.50. The van der Waals surface area contributed by atoms with Crippen molar-refractivity contribution in [3.63, 3.8) is 0 Å². The van der Waals surface area contributed by atoms with Crippen LogP contribution >= 0.6 is 11.6 Å². The molecular weight excluding hydrogens is 216 g/mol. The normalized spacial score (nSPS) is 15.3. The Labute approximate surface area is 92.4 Å². The Balaban J connectivity index is 2.07. The van der Waals surface area contributed by atoms with Gasteiger partial charge in [-0.25, -0.2) is 0 Å². The SMILES string of the molecule is O=[N+]([O-])c1ccc(CNC2CC2)c(Cl)c1. The van der Waals surface area contributed by atoms with Crippen molar-refractivity contribution in [2.75, 3.05) is 0 Å². The number of nitro groups is 1. The van der Waals surface area contributed by atoms with Crippen LogP contribution < -0.4 is 5.32 Å². The molecule has 80 valence electrons. The molecule has 1 aromatic rings. The van der Waals surface area contributed by atoms with Crippen LogP contribution in [0, 0.1) is 10.1 Å². The molecule has 2 rings (SSSR count). The first-order valence-corrected chi connectivity index (χ1v) is 5.21. The van der Waals surface area contributed by atoms with Gasteiger partial charge in [0.05, 0.1) is 9.95 Å². The summed E-state index contributed by atoms with van der Waals surface area (Å²) in [5.41, 5.74) is 0.948. The quantitative estimate of drug-likeness (QED) is 0.634. The maximum Gasteiger partial charge on any atom is 0.270 e. The van der Waals surface area contributed by atoms with Crippen molar-refractivity contribution in [3.8, 4) is 0 Å². The third kappa shape index (κ3) is 2.67. The molecule has 0 unspecified atom stereocenters. The fourth-order valence-corrected chi connectivity index (χ4v) is 1.58. The number of hydrogen-bond donors (Lipinski definition) is 1. The summed E-state index contributed by atoms with van der Waals surface area (Å²) in [5.74, 6) is 0. The molecular formula is C10H11ClN2O2. The largest absolute Gasteiger partial charge is 0.310 e. The molecule has 15 heavy (non-hydrogen) atoms. The number of hydrogen-bond acceptors (Lipinski definition) is 3. The van der Waals surface area contributed by atoms with Crippen LogP contribution in [-0.4, -0.2) is 11.0 Å². The Hall–Kier alpha value is -1.13. The summed E-state index contributed by atoms with van der Waals surface area (Å²) in [6, 6.07) is 5.19. The zero-order chi connectivity index (χ0) is 10.8. The van der Waals surface area contributed by atoms with Crippen LogP contribution in [0.1, 0.15) is 18.4 Å². The molecule has 0 atom stereocenters. The molecule has 1 aliphatic carbocycles. The van der Waals surface area contributed by atoms with E-state index in [9.17, 15) is 10.1 Å². The van der Waals surface area contributed by atoms with Crippen molar-refractivity contribution in [2.45, 2.75) is 25.4 Å². The second-order valence-electron chi connectivity index (χ2n) is 3.69. The van der Waals surface area contributed by atoms with Gasteiger partial charge < -0.3 is 5.32 Å². The van der Waals surface area contributed by atoms with Gasteiger partial charge in [0.25, 0.3) is 5.69 Å². The van der Waals surface area contributed by atoms with Crippen LogP contribution in [0.4, 0.5) is 5.69 Å². The van der Waals surface area contributed by atoms with Crippen molar-refractivity contribution in [2.24, 2.45) is 0 Å². The molecule has 0 bridgehead atoms. The second kappa shape index (κ2) is 4.16. The van der Waals surface area contributed by atoms with Gasteiger partial charge in [0.2, 0.25) is 0 Å². The van der Waals surface area contributed by atoms with E-state index in [1.165, 1.54) is 25.0 Å². The summed E-state index contributed by atoms with van der Waals surface area (Å²) in [6.45, 7) is 0.682. The smallest absolute Gasteiger partial charge is 0.270 e. The number of nitro benzene ring substituents is 1. The zero-order valence-corrected chi connectivity index (χ0v) is 8.83.